The molecule has 15 heavy (non-hydrogen) atoms. The smallest absolute Gasteiger partial charge is 0.190 e. The number of nitrogens with zero attached hydrogens (tertiary/aromatic N) is 1. The summed E-state index contributed by atoms with van der Waals surface area (Å²) in [6.07, 6.45) is 2.22. The van der Waals surface area contributed by atoms with Crippen molar-refractivity contribution in [2.24, 2.45) is 0 Å². The van der Waals surface area contributed by atoms with Crippen LogP contribution in [-0.2, 0) is 5.54 Å². The van der Waals surface area contributed by atoms with Gasteiger partial charge in [-0.1, -0.05) is 41.7 Å². The number of aromatic nitrogens is 1. The molecule has 0 aliphatic carbocycles. The maximum atomic E-state index is 2.26. The maximum Gasteiger partial charge on any atom is 0.225 e. The minimum Gasteiger partial charge on any atom is -0.190 e. The van der Waals surface area contributed by atoms with Gasteiger partial charge in [-0.3, -0.25) is 0 Å². The van der Waals surface area contributed by atoms with Crippen molar-refractivity contribution in [3.05, 3.63) is 42.0 Å². The molecule has 0 fully saturated rings. The predicted octanol–water partition coefficient (Wildman–Crippen LogP) is 3.46. The molecule has 2 rings (SSSR count). The zero-order valence-electron chi connectivity index (χ0n) is 9.40. The maximum absolute atomic E-state index is 2.26. The first-order valence-corrected chi connectivity index (χ1v) is 6.01. The quantitative estimate of drug-likeness (QED) is 0.645. The van der Waals surface area contributed by atoms with Gasteiger partial charge in [-0.05, 0) is 5.56 Å². The van der Waals surface area contributed by atoms with Gasteiger partial charge in [0.25, 0.3) is 0 Å². The molecule has 0 bridgehead atoms. The largest absolute Gasteiger partial charge is 0.225 e. The van der Waals surface area contributed by atoms with Crippen molar-refractivity contribution in [2.45, 2.75) is 26.3 Å². The molecule has 1 aromatic carbocycles. The van der Waals surface area contributed by atoms with Crippen LogP contribution in [-0.4, -0.2) is 0 Å². The summed E-state index contributed by atoms with van der Waals surface area (Å²) in [6, 6.07) is 10.5. The zero-order chi connectivity index (χ0) is 10.9. The van der Waals surface area contributed by atoms with E-state index < -0.39 is 0 Å². The first kappa shape index (κ1) is 10.4. The van der Waals surface area contributed by atoms with Gasteiger partial charge in [-0.25, -0.2) is 0 Å². The number of benzene rings is 1. The van der Waals surface area contributed by atoms with Crippen molar-refractivity contribution >= 4 is 11.3 Å². The van der Waals surface area contributed by atoms with Crippen LogP contribution in [0.1, 0.15) is 20.8 Å². The molecule has 2 aromatic rings. The zero-order valence-corrected chi connectivity index (χ0v) is 10.2. The van der Waals surface area contributed by atoms with E-state index >= 15 is 0 Å². The van der Waals surface area contributed by atoms with Crippen LogP contribution in [0, 0.1) is 0 Å². The molecule has 0 saturated heterocycles. The summed E-state index contributed by atoms with van der Waals surface area (Å²) in [5.41, 5.74) is 3.65. The van der Waals surface area contributed by atoms with E-state index in [0.717, 1.165) is 0 Å². The van der Waals surface area contributed by atoms with E-state index in [2.05, 4.69) is 67.4 Å². The molecule has 1 aromatic heterocycles. The van der Waals surface area contributed by atoms with Crippen LogP contribution in [0.15, 0.2) is 42.0 Å². The van der Waals surface area contributed by atoms with E-state index in [1.807, 2.05) is 0 Å². The van der Waals surface area contributed by atoms with Crippen molar-refractivity contribution < 1.29 is 4.57 Å². The van der Waals surface area contributed by atoms with E-state index in [1.165, 1.54) is 10.4 Å². The molecule has 0 unspecified atom stereocenters. The topological polar surface area (TPSA) is 3.88 Å². The van der Waals surface area contributed by atoms with Gasteiger partial charge in [-0.15, -0.1) is 0 Å². The van der Waals surface area contributed by atoms with Gasteiger partial charge in [0.1, 0.15) is 4.88 Å². The Hall–Kier alpha value is -1.15. The lowest BCUT2D eigenvalue weighted by molar-refractivity contribution is -0.749. The molecule has 0 saturated carbocycles. The summed E-state index contributed by atoms with van der Waals surface area (Å²) >= 11 is 1.79. The average molecular weight is 218 g/mol. The molecule has 0 atom stereocenters. The molecule has 1 nitrogen and oxygen atoms in total. The molecule has 0 spiro atoms. The Morgan fingerprint density at radius 3 is 2.27 bits per heavy atom. The molecule has 2 heteroatoms. The highest BCUT2D eigenvalue weighted by molar-refractivity contribution is 7.12. The molecule has 0 amide bonds. The SMILES string of the molecule is CC(C)(C)[n+]1csc(-c2ccccc2)c1. The predicted molar refractivity (Wildman–Crippen MR) is 64.9 cm³/mol. The summed E-state index contributed by atoms with van der Waals surface area (Å²) in [5, 5.41) is 0. The first-order chi connectivity index (χ1) is 7.07. The third-order valence-corrected chi connectivity index (χ3v) is 3.31. The van der Waals surface area contributed by atoms with E-state index in [1.54, 1.807) is 11.3 Å². The van der Waals surface area contributed by atoms with E-state index in [4.69, 9.17) is 0 Å². The number of thiazole rings is 1. The van der Waals surface area contributed by atoms with E-state index in [-0.39, 0.29) is 5.54 Å². The van der Waals surface area contributed by atoms with Crippen molar-refractivity contribution in [3.8, 4) is 10.4 Å². The van der Waals surface area contributed by atoms with Crippen LogP contribution in [0.2, 0.25) is 0 Å². The highest BCUT2D eigenvalue weighted by Crippen LogP contribution is 2.23. The van der Waals surface area contributed by atoms with E-state index in [9.17, 15) is 0 Å². The van der Waals surface area contributed by atoms with Crippen LogP contribution in [0.5, 0.6) is 0 Å². The Balaban J connectivity index is 2.37. The van der Waals surface area contributed by atoms with Crippen LogP contribution >= 0.6 is 11.3 Å². The second kappa shape index (κ2) is 3.78. The number of hydrogen-bond donors (Lipinski definition) is 0. The lowest BCUT2D eigenvalue weighted by Crippen LogP contribution is -2.47. The Morgan fingerprint density at radius 1 is 1.07 bits per heavy atom. The highest BCUT2D eigenvalue weighted by Gasteiger charge is 2.23. The molecule has 0 N–H and O–H groups in total. The Labute approximate surface area is 95.0 Å². The second-order valence-electron chi connectivity index (χ2n) is 4.66. The molecular formula is C13H16NS+. The Bertz CT molecular complexity index is 437. The van der Waals surface area contributed by atoms with Gasteiger partial charge >= 0.3 is 0 Å². The lowest BCUT2D eigenvalue weighted by atomic mass is 10.1. The third-order valence-electron chi connectivity index (χ3n) is 2.38. The summed E-state index contributed by atoms with van der Waals surface area (Å²) in [6.45, 7) is 6.65. The Morgan fingerprint density at radius 2 is 1.73 bits per heavy atom. The second-order valence-corrected chi connectivity index (χ2v) is 5.55. The van der Waals surface area contributed by atoms with Crippen molar-refractivity contribution in [1.29, 1.82) is 0 Å². The average Bonchev–Trinajstić information content (AvgIpc) is 2.67. The normalized spacial score (nSPS) is 11.7. The standard InChI is InChI=1S/C13H16NS/c1-13(2,3)14-9-12(15-10-14)11-7-5-4-6-8-11/h4-10H,1-3H3/q+1. The summed E-state index contributed by atoms with van der Waals surface area (Å²) in [4.78, 5) is 1.32. The van der Waals surface area contributed by atoms with Crippen LogP contribution < -0.4 is 4.57 Å². The lowest BCUT2D eigenvalue weighted by Gasteiger charge is -2.09. The summed E-state index contributed by atoms with van der Waals surface area (Å²) in [5.74, 6) is 0. The van der Waals surface area contributed by atoms with Crippen LogP contribution in [0.25, 0.3) is 10.4 Å². The molecule has 0 aliphatic rings. The van der Waals surface area contributed by atoms with Crippen molar-refractivity contribution in [3.63, 3.8) is 0 Å². The van der Waals surface area contributed by atoms with E-state index in [0.29, 0.717) is 0 Å². The fourth-order valence-corrected chi connectivity index (χ4v) is 2.45. The molecule has 78 valence electrons. The molecule has 1 heterocycles. The van der Waals surface area contributed by atoms with Crippen LogP contribution in [0.3, 0.4) is 0 Å². The monoisotopic (exact) mass is 218 g/mol. The van der Waals surface area contributed by atoms with Crippen molar-refractivity contribution in [1.82, 2.24) is 0 Å². The molecular weight excluding hydrogens is 202 g/mol. The Kier molecular flexibility index (Phi) is 2.61. The molecule has 0 radical (unpaired) electrons. The fraction of sp³-hybridized carbons (Fsp3) is 0.308. The minimum atomic E-state index is 0.170. The third kappa shape index (κ3) is 2.26. The van der Waals surface area contributed by atoms with Crippen LogP contribution in [0.4, 0.5) is 0 Å². The molecule has 0 aliphatic heterocycles. The van der Waals surface area contributed by atoms with Crippen molar-refractivity contribution in [2.75, 3.05) is 0 Å². The van der Waals surface area contributed by atoms with Gasteiger partial charge in [0, 0.05) is 20.8 Å². The first-order valence-electron chi connectivity index (χ1n) is 5.13. The fourth-order valence-electron chi connectivity index (χ4n) is 1.40. The van der Waals surface area contributed by atoms with Gasteiger partial charge in [-0.2, -0.15) is 4.57 Å². The van der Waals surface area contributed by atoms with Gasteiger partial charge < -0.3 is 0 Å². The van der Waals surface area contributed by atoms with Gasteiger partial charge in [0.05, 0.1) is 0 Å². The van der Waals surface area contributed by atoms with Gasteiger partial charge in [0.15, 0.2) is 11.7 Å². The highest BCUT2D eigenvalue weighted by atomic mass is 32.1. The minimum absolute atomic E-state index is 0.170. The number of rotatable bonds is 1. The summed E-state index contributed by atoms with van der Waals surface area (Å²) < 4.78 is 2.26. The van der Waals surface area contributed by atoms with Gasteiger partial charge in [0.2, 0.25) is 5.51 Å². The number of hydrogen-bond acceptors (Lipinski definition) is 1. The summed E-state index contributed by atoms with van der Waals surface area (Å²) in [7, 11) is 0.